The molecule has 0 atom stereocenters. The minimum Gasteiger partial charge on any atom is -0.329 e. The number of nitrogens with two attached hydrogens (primary N) is 1. The fraction of sp³-hybridized carbons (Fsp3) is 1.00. The summed E-state index contributed by atoms with van der Waals surface area (Å²) >= 11 is 0. The van der Waals surface area contributed by atoms with E-state index in [1.807, 2.05) is 0 Å². The van der Waals surface area contributed by atoms with E-state index in [1.54, 1.807) is 0 Å². The Labute approximate surface area is 94.6 Å². The van der Waals surface area contributed by atoms with Gasteiger partial charge in [-0.2, -0.15) is 0 Å². The molecule has 1 saturated heterocycles. The molecule has 1 heterocycles. The van der Waals surface area contributed by atoms with Gasteiger partial charge in [-0.3, -0.25) is 4.90 Å². The van der Waals surface area contributed by atoms with Crippen LogP contribution in [-0.2, 0) is 0 Å². The molecule has 15 heavy (non-hydrogen) atoms. The highest BCUT2D eigenvalue weighted by atomic mass is 15.2. The third kappa shape index (κ3) is 2.92. The maximum atomic E-state index is 5.97. The fourth-order valence-electron chi connectivity index (χ4n) is 2.59. The van der Waals surface area contributed by atoms with Gasteiger partial charge in [-0.15, -0.1) is 0 Å². The van der Waals surface area contributed by atoms with Crippen LogP contribution in [0.3, 0.4) is 0 Å². The zero-order valence-corrected chi connectivity index (χ0v) is 10.6. The van der Waals surface area contributed by atoms with Crippen LogP contribution in [-0.4, -0.2) is 55.1 Å². The van der Waals surface area contributed by atoms with Crippen molar-refractivity contribution < 1.29 is 0 Å². The van der Waals surface area contributed by atoms with Crippen LogP contribution in [0.4, 0.5) is 0 Å². The van der Waals surface area contributed by atoms with E-state index in [0.717, 1.165) is 13.1 Å². The first kappa shape index (κ1) is 12.9. The molecule has 2 N–H and O–H groups in total. The highest BCUT2D eigenvalue weighted by Gasteiger charge is 2.35. The normalized spacial score (nSPS) is 22.2. The third-order valence-corrected chi connectivity index (χ3v) is 3.99. The van der Waals surface area contributed by atoms with E-state index in [4.69, 9.17) is 5.73 Å². The Balaban J connectivity index is 2.50. The molecule has 3 nitrogen and oxygen atoms in total. The molecule has 0 amide bonds. The lowest BCUT2D eigenvalue weighted by Crippen LogP contribution is -2.58. The number of likely N-dealkylation sites (N-methyl/N-ethyl adjacent to an activating group) is 1. The molecule has 0 aromatic rings. The van der Waals surface area contributed by atoms with E-state index in [9.17, 15) is 0 Å². The largest absolute Gasteiger partial charge is 0.329 e. The lowest BCUT2D eigenvalue weighted by Gasteiger charge is -2.46. The van der Waals surface area contributed by atoms with Gasteiger partial charge in [0.25, 0.3) is 0 Å². The Hall–Kier alpha value is -0.120. The minimum absolute atomic E-state index is 0.277. The molecule has 0 aliphatic carbocycles. The molecule has 0 unspecified atom stereocenters. The van der Waals surface area contributed by atoms with E-state index in [0.29, 0.717) is 0 Å². The lowest BCUT2D eigenvalue weighted by molar-refractivity contribution is 0.0490. The molecule has 90 valence electrons. The van der Waals surface area contributed by atoms with Gasteiger partial charge in [0.15, 0.2) is 0 Å². The van der Waals surface area contributed by atoms with E-state index < -0.39 is 0 Å². The summed E-state index contributed by atoms with van der Waals surface area (Å²) < 4.78 is 0. The molecule has 0 radical (unpaired) electrons. The minimum atomic E-state index is 0.277. The number of piperidine rings is 1. The third-order valence-electron chi connectivity index (χ3n) is 3.99. The predicted octanol–water partition coefficient (Wildman–Crippen LogP) is 1.14. The Bertz CT molecular complexity index is 174. The van der Waals surface area contributed by atoms with Crippen LogP contribution < -0.4 is 5.73 Å². The van der Waals surface area contributed by atoms with Crippen LogP contribution in [0.1, 0.15) is 33.1 Å². The Morgan fingerprint density at radius 3 is 2.27 bits per heavy atom. The smallest absolute Gasteiger partial charge is 0.0352 e. The van der Waals surface area contributed by atoms with Gasteiger partial charge in [-0.05, 0) is 52.5 Å². The Kier molecular flexibility index (Phi) is 5.03. The molecule has 1 aliphatic heterocycles. The van der Waals surface area contributed by atoms with Crippen LogP contribution in [0, 0.1) is 0 Å². The summed E-state index contributed by atoms with van der Waals surface area (Å²) in [6.45, 7) is 10.1. The van der Waals surface area contributed by atoms with Crippen molar-refractivity contribution in [2.75, 3.05) is 39.8 Å². The van der Waals surface area contributed by atoms with Crippen molar-refractivity contribution >= 4 is 0 Å². The van der Waals surface area contributed by atoms with Crippen molar-refractivity contribution in [1.82, 2.24) is 9.80 Å². The number of likely N-dealkylation sites (tertiary alicyclic amines) is 1. The summed E-state index contributed by atoms with van der Waals surface area (Å²) in [5.41, 5.74) is 6.25. The molecule has 1 fully saturated rings. The zero-order valence-electron chi connectivity index (χ0n) is 10.6. The fourth-order valence-corrected chi connectivity index (χ4v) is 2.59. The maximum absolute atomic E-state index is 5.97. The Morgan fingerprint density at radius 2 is 1.87 bits per heavy atom. The molecule has 0 aromatic heterocycles. The molecule has 3 heteroatoms. The van der Waals surface area contributed by atoms with Crippen LogP contribution >= 0.6 is 0 Å². The SMILES string of the molecule is CCCN1CCC(CN)(N(C)CC)CC1. The number of hydrogen-bond acceptors (Lipinski definition) is 3. The summed E-state index contributed by atoms with van der Waals surface area (Å²) in [7, 11) is 2.21. The van der Waals surface area contributed by atoms with Gasteiger partial charge in [0.2, 0.25) is 0 Å². The summed E-state index contributed by atoms with van der Waals surface area (Å²) in [4.78, 5) is 5.01. The van der Waals surface area contributed by atoms with Crippen molar-refractivity contribution in [2.45, 2.75) is 38.6 Å². The first-order valence-corrected chi connectivity index (χ1v) is 6.32. The van der Waals surface area contributed by atoms with Crippen molar-refractivity contribution in [3.63, 3.8) is 0 Å². The van der Waals surface area contributed by atoms with Gasteiger partial charge in [0, 0.05) is 12.1 Å². The summed E-state index contributed by atoms with van der Waals surface area (Å²) in [6.07, 6.45) is 3.72. The van der Waals surface area contributed by atoms with E-state index >= 15 is 0 Å². The van der Waals surface area contributed by atoms with Gasteiger partial charge < -0.3 is 10.6 Å². The Morgan fingerprint density at radius 1 is 1.27 bits per heavy atom. The summed E-state index contributed by atoms with van der Waals surface area (Å²) in [5, 5.41) is 0. The number of nitrogens with zero attached hydrogens (tertiary/aromatic N) is 2. The topological polar surface area (TPSA) is 32.5 Å². The molecule has 0 spiro atoms. The second kappa shape index (κ2) is 5.83. The van der Waals surface area contributed by atoms with Crippen molar-refractivity contribution in [3.05, 3.63) is 0 Å². The number of hydrogen-bond donors (Lipinski definition) is 1. The highest BCUT2D eigenvalue weighted by Crippen LogP contribution is 2.26. The van der Waals surface area contributed by atoms with Gasteiger partial charge in [-0.25, -0.2) is 0 Å². The second-order valence-electron chi connectivity index (χ2n) is 4.78. The first-order chi connectivity index (χ1) is 7.18. The molecule has 1 rings (SSSR count). The van der Waals surface area contributed by atoms with Crippen LogP contribution in [0.15, 0.2) is 0 Å². The van der Waals surface area contributed by atoms with E-state index in [1.165, 1.54) is 38.9 Å². The summed E-state index contributed by atoms with van der Waals surface area (Å²) in [5.74, 6) is 0. The quantitative estimate of drug-likeness (QED) is 0.743. The molecular weight excluding hydrogens is 186 g/mol. The average molecular weight is 213 g/mol. The number of rotatable bonds is 5. The van der Waals surface area contributed by atoms with Gasteiger partial charge in [0.05, 0.1) is 0 Å². The van der Waals surface area contributed by atoms with Crippen LogP contribution in [0.2, 0.25) is 0 Å². The van der Waals surface area contributed by atoms with Gasteiger partial charge in [-0.1, -0.05) is 13.8 Å². The van der Waals surface area contributed by atoms with Crippen LogP contribution in [0.5, 0.6) is 0 Å². The van der Waals surface area contributed by atoms with E-state index in [2.05, 4.69) is 30.7 Å². The maximum Gasteiger partial charge on any atom is 0.0352 e. The molecule has 0 aromatic carbocycles. The first-order valence-electron chi connectivity index (χ1n) is 6.32. The second-order valence-corrected chi connectivity index (χ2v) is 4.78. The molecule has 1 aliphatic rings. The zero-order chi connectivity index (χ0) is 11.3. The van der Waals surface area contributed by atoms with E-state index in [-0.39, 0.29) is 5.54 Å². The molecule has 0 bridgehead atoms. The van der Waals surface area contributed by atoms with Crippen LogP contribution in [0.25, 0.3) is 0 Å². The standard InChI is InChI=1S/C12H27N3/c1-4-8-15-9-6-12(11-13,7-10-15)14(3)5-2/h4-11,13H2,1-3H3. The van der Waals surface area contributed by atoms with Gasteiger partial charge in [0.1, 0.15) is 0 Å². The van der Waals surface area contributed by atoms with Crippen molar-refractivity contribution in [2.24, 2.45) is 5.73 Å². The lowest BCUT2D eigenvalue weighted by atomic mass is 9.86. The van der Waals surface area contributed by atoms with Crippen molar-refractivity contribution in [3.8, 4) is 0 Å². The summed E-state index contributed by atoms with van der Waals surface area (Å²) in [6, 6.07) is 0. The average Bonchev–Trinajstić information content (AvgIpc) is 2.30. The van der Waals surface area contributed by atoms with Crippen molar-refractivity contribution in [1.29, 1.82) is 0 Å². The monoisotopic (exact) mass is 213 g/mol. The predicted molar refractivity (Wildman–Crippen MR) is 66.1 cm³/mol. The highest BCUT2D eigenvalue weighted by molar-refractivity contribution is 4.94. The van der Waals surface area contributed by atoms with Gasteiger partial charge >= 0.3 is 0 Å². The molecular formula is C12H27N3. The molecule has 0 saturated carbocycles.